The fourth-order valence-electron chi connectivity index (χ4n) is 3.43. The molecule has 0 aromatic heterocycles. The predicted octanol–water partition coefficient (Wildman–Crippen LogP) is 1.39. The molecule has 1 atom stereocenters. The summed E-state index contributed by atoms with van der Waals surface area (Å²) < 4.78 is 31.4. The first kappa shape index (κ1) is 23.3. The highest BCUT2D eigenvalue weighted by molar-refractivity contribution is 7.90. The smallest absolute Gasteiger partial charge is 0.269 e. The van der Waals surface area contributed by atoms with Crippen molar-refractivity contribution in [3.8, 4) is 5.75 Å². The summed E-state index contributed by atoms with van der Waals surface area (Å²) >= 11 is 0. The van der Waals surface area contributed by atoms with Crippen molar-refractivity contribution < 1.29 is 27.5 Å². The number of methoxy groups -OCH3 is 1. The van der Waals surface area contributed by atoms with Crippen molar-refractivity contribution in [2.45, 2.75) is 31.3 Å². The van der Waals surface area contributed by atoms with Gasteiger partial charge in [-0.1, -0.05) is 24.3 Å². The number of benzene rings is 2. The Bertz CT molecular complexity index is 1130. The topological polar surface area (TPSA) is 113 Å². The molecule has 0 aliphatic carbocycles. The molecule has 1 heterocycles. The molecule has 170 valence electrons. The van der Waals surface area contributed by atoms with Crippen molar-refractivity contribution in [1.29, 1.82) is 0 Å². The zero-order valence-corrected chi connectivity index (χ0v) is 18.9. The summed E-state index contributed by atoms with van der Waals surface area (Å²) in [6.45, 7) is 3.04. The molecule has 0 bridgehead atoms. The summed E-state index contributed by atoms with van der Waals surface area (Å²) in [4.78, 5) is 39.5. The van der Waals surface area contributed by atoms with Crippen LogP contribution < -0.4 is 10.1 Å². The van der Waals surface area contributed by atoms with E-state index in [0.717, 1.165) is 0 Å². The number of ether oxygens (including phenoxy) is 1. The van der Waals surface area contributed by atoms with Crippen LogP contribution in [0.5, 0.6) is 5.75 Å². The van der Waals surface area contributed by atoms with E-state index in [0.29, 0.717) is 22.2 Å². The fraction of sp³-hybridized carbons (Fsp3) is 0.318. The molecule has 0 radical (unpaired) electrons. The highest BCUT2D eigenvalue weighted by atomic mass is 32.2. The standard InChI is InChI=1S/C22H25N3O6S/c1-4-23-21(27)15(2)24(13-16-9-11-17(31-3)12-10-16)20(26)14-25-22(28)18-7-5-6-8-19(18)32(25,29)30/h5-12,15H,4,13-14H2,1-3H3,(H,23,27)/t15-/m1/s1. The average molecular weight is 460 g/mol. The van der Waals surface area contributed by atoms with Crippen molar-refractivity contribution in [1.82, 2.24) is 14.5 Å². The Labute approximate surface area is 187 Å². The van der Waals surface area contributed by atoms with Gasteiger partial charge in [0.15, 0.2) is 0 Å². The molecule has 1 N–H and O–H groups in total. The third kappa shape index (κ3) is 4.45. The van der Waals surface area contributed by atoms with Crippen molar-refractivity contribution in [3.05, 3.63) is 59.7 Å². The Morgan fingerprint density at radius 3 is 2.38 bits per heavy atom. The first-order valence-electron chi connectivity index (χ1n) is 10.1. The number of carbonyl (C=O) groups is 3. The number of hydrogen-bond donors (Lipinski definition) is 1. The lowest BCUT2D eigenvalue weighted by molar-refractivity contribution is -0.140. The van der Waals surface area contributed by atoms with Crippen molar-refractivity contribution in [2.24, 2.45) is 0 Å². The third-order valence-corrected chi connectivity index (χ3v) is 7.01. The number of hydrogen-bond acceptors (Lipinski definition) is 6. The van der Waals surface area contributed by atoms with E-state index in [1.807, 2.05) is 0 Å². The highest BCUT2D eigenvalue weighted by Crippen LogP contribution is 2.30. The van der Waals surface area contributed by atoms with E-state index in [2.05, 4.69) is 5.32 Å². The van der Waals surface area contributed by atoms with Crippen LogP contribution in [-0.4, -0.2) is 61.6 Å². The second kappa shape index (κ2) is 9.39. The molecule has 0 unspecified atom stereocenters. The van der Waals surface area contributed by atoms with E-state index in [-0.39, 0.29) is 22.9 Å². The average Bonchev–Trinajstić information content (AvgIpc) is 2.98. The van der Waals surface area contributed by atoms with E-state index in [1.54, 1.807) is 44.2 Å². The molecule has 3 rings (SSSR count). The Balaban J connectivity index is 1.88. The second-order valence-corrected chi connectivity index (χ2v) is 9.08. The van der Waals surface area contributed by atoms with Gasteiger partial charge in [-0.25, -0.2) is 12.7 Å². The van der Waals surface area contributed by atoms with E-state index < -0.39 is 34.4 Å². The van der Waals surface area contributed by atoms with Crippen LogP contribution in [-0.2, 0) is 26.2 Å². The Morgan fingerprint density at radius 1 is 1.12 bits per heavy atom. The zero-order chi connectivity index (χ0) is 23.5. The van der Waals surface area contributed by atoms with Gasteiger partial charge in [0.1, 0.15) is 23.2 Å². The summed E-state index contributed by atoms with van der Waals surface area (Å²) in [5, 5.41) is 2.67. The van der Waals surface area contributed by atoms with Crippen molar-refractivity contribution in [3.63, 3.8) is 0 Å². The van der Waals surface area contributed by atoms with Gasteiger partial charge in [-0.05, 0) is 43.7 Å². The maximum Gasteiger partial charge on any atom is 0.269 e. The van der Waals surface area contributed by atoms with Crippen molar-refractivity contribution in [2.75, 3.05) is 20.2 Å². The maximum absolute atomic E-state index is 13.2. The summed E-state index contributed by atoms with van der Waals surface area (Å²) in [6.07, 6.45) is 0. The van der Waals surface area contributed by atoms with Gasteiger partial charge in [0.2, 0.25) is 11.8 Å². The molecule has 1 aliphatic rings. The Hall–Kier alpha value is -3.40. The molecule has 0 saturated heterocycles. The second-order valence-electron chi connectivity index (χ2n) is 7.25. The largest absolute Gasteiger partial charge is 0.497 e. The van der Waals surface area contributed by atoms with Gasteiger partial charge in [0.05, 0.1) is 12.7 Å². The highest BCUT2D eigenvalue weighted by Gasteiger charge is 2.43. The number of carbonyl (C=O) groups excluding carboxylic acids is 3. The number of amides is 3. The third-order valence-electron chi connectivity index (χ3n) is 5.22. The van der Waals surface area contributed by atoms with Crippen molar-refractivity contribution >= 4 is 27.7 Å². The first-order valence-corrected chi connectivity index (χ1v) is 11.5. The molecule has 9 nitrogen and oxygen atoms in total. The molecule has 0 fully saturated rings. The van der Waals surface area contributed by atoms with Crippen LogP contribution in [0.15, 0.2) is 53.4 Å². The molecular weight excluding hydrogens is 434 g/mol. The van der Waals surface area contributed by atoms with Gasteiger partial charge in [-0.2, -0.15) is 0 Å². The van der Waals surface area contributed by atoms with E-state index >= 15 is 0 Å². The lowest BCUT2D eigenvalue weighted by Crippen LogP contribution is -2.51. The number of fused-ring (bicyclic) bond motifs is 1. The number of sulfonamides is 1. The molecule has 32 heavy (non-hydrogen) atoms. The van der Waals surface area contributed by atoms with Gasteiger partial charge >= 0.3 is 0 Å². The molecule has 0 spiro atoms. The van der Waals surface area contributed by atoms with Crippen LogP contribution in [0.25, 0.3) is 0 Å². The minimum Gasteiger partial charge on any atom is -0.497 e. The van der Waals surface area contributed by atoms with Gasteiger partial charge < -0.3 is 15.0 Å². The first-order chi connectivity index (χ1) is 15.2. The quantitative estimate of drug-likeness (QED) is 0.638. The Morgan fingerprint density at radius 2 is 1.78 bits per heavy atom. The lowest BCUT2D eigenvalue weighted by Gasteiger charge is -2.30. The number of likely N-dealkylation sites (N-methyl/N-ethyl adjacent to an activating group) is 1. The SMILES string of the molecule is CCNC(=O)[C@@H](C)N(Cc1ccc(OC)cc1)C(=O)CN1C(=O)c2ccccc2S1(=O)=O. The monoisotopic (exact) mass is 459 g/mol. The van der Waals surface area contributed by atoms with Crippen LogP contribution in [0.4, 0.5) is 0 Å². The zero-order valence-electron chi connectivity index (χ0n) is 18.1. The van der Waals surface area contributed by atoms with E-state index in [1.165, 1.54) is 30.2 Å². The lowest BCUT2D eigenvalue weighted by atomic mass is 10.1. The predicted molar refractivity (Wildman–Crippen MR) is 116 cm³/mol. The normalized spacial score (nSPS) is 15.1. The van der Waals surface area contributed by atoms with Gasteiger partial charge in [-0.3, -0.25) is 14.4 Å². The van der Waals surface area contributed by atoms with Crippen LogP contribution in [0.2, 0.25) is 0 Å². The van der Waals surface area contributed by atoms with Crippen LogP contribution in [0.1, 0.15) is 29.8 Å². The maximum atomic E-state index is 13.2. The fourth-order valence-corrected chi connectivity index (χ4v) is 4.95. The van der Waals surface area contributed by atoms with Crippen LogP contribution in [0.3, 0.4) is 0 Å². The number of nitrogens with one attached hydrogen (secondary N) is 1. The number of nitrogens with zero attached hydrogens (tertiary/aromatic N) is 2. The van der Waals surface area contributed by atoms with Gasteiger partial charge in [0, 0.05) is 13.1 Å². The summed E-state index contributed by atoms with van der Waals surface area (Å²) in [5.41, 5.74) is 0.743. The molecular formula is C22H25N3O6S. The van der Waals surface area contributed by atoms with Crippen LogP contribution >= 0.6 is 0 Å². The molecule has 0 saturated carbocycles. The minimum absolute atomic E-state index is 0.0266. The molecule has 1 aliphatic heterocycles. The van der Waals surface area contributed by atoms with E-state index in [4.69, 9.17) is 4.74 Å². The van der Waals surface area contributed by atoms with Gasteiger partial charge in [0.25, 0.3) is 15.9 Å². The summed E-state index contributed by atoms with van der Waals surface area (Å²) in [5.74, 6) is -1.17. The molecule has 3 amide bonds. The van der Waals surface area contributed by atoms with Gasteiger partial charge in [-0.15, -0.1) is 0 Å². The molecule has 10 heteroatoms. The minimum atomic E-state index is -4.14. The summed E-state index contributed by atoms with van der Waals surface area (Å²) in [6, 6.07) is 11.9. The Kier molecular flexibility index (Phi) is 6.83. The van der Waals surface area contributed by atoms with E-state index in [9.17, 15) is 22.8 Å². The molecule has 2 aromatic carbocycles. The number of rotatable bonds is 8. The molecule has 2 aromatic rings. The van der Waals surface area contributed by atoms with Crippen LogP contribution in [0, 0.1) is 0 Å². The summed E-state index contributed by atoms with van der Waals surface area (Å²) in [7, 11) is -2.61.